The number of benzene rings is 3. The highest BCUT2D eigenvalue weighted by Gasteiger charge is 2.20. The standard InChI is InChI=1S/C27H24N4O4S/c1-16-12-13-22(35-3)20(14-16)31-26(33)25-24(17-8-4-5-9-18(17)29-25)30-27(31)36-15-23(32)28-19-10-6-7-11-21(19)34-2/h4-14,29H,15H2,1-3H3,(H,28,32). The number of hydrogen-bond acceptors (Lipinski definition) is 6. The maximum absolute atomic E-state index is 13.8. The van der Waals surface area contributed by atoms with Crippen LogP contribution in [-0.4, -0.2) is 40.4 Å². The van der Waals surface area contributed by atoms with Crippen LogP contribution in [0.25, 0.3) is 27.6 Å². The minimum atomic E-state index is -0.271. The summed E-state index contributed by atoms with van der Waals surface area (Å²) in [5.41, 5.74) is 3.59. The fraction of sp³-hybridized carbons (Fsp3) is 0.148. The number of hydrogen-bond donors (Lipinski definition) is 2. The fourth-order valence-electron chi connectivity index (χ4n) is 4.09. The van der Waals surface area contributed by atoms with Crippen LogP contribution in [0.2, 0.25) is 0 Å². The highest BCUT2D eigenvalue weighted by Crippen LogP contribution is 2.30. The van der Waals surface area contributed by atoms with Gasteiger partial charge in [0.25, 0.3) is 5.56 Å². The number of nitrogens with one attached hydrogen (secondary N) is 2. The van der Waals surface area contributed by atoms with E-state index >= 15 is 0 Å². The molecule has 2 aromatic heterocycles. The lowest BCUT2D eigenvalue weighted by Crippen LogP contribution is -2.23. The lowest BCUT2D eigenvalue weighted by atomic mass is 10.2. The van der Waals surface area contributed by atoms with Gasteiger partial charge in [-0.3, -0.25) is 9.59 Å². The Morgan fingerprint density at radius 3 is 2.58 bits per heavy atom. The van der Waals surface area contributed by atoms with E-state index in [1.165, 1.54) is 16.3 Å². The molecule has 1 amide bonds. The molecule has 0 unspecified atom stereocenters. The van der Waals surface area contributed by atoms with Gasteiger partial charge < -0.3 is 19.8 Å². The van der Waals surface area contributed by atoms with E-state index in [9.17, 15) is 9.59 Å². The Hall–Kier alpha value is -4.24. The summed E-state index contributed by atoms with van der Waals surface area (Å²) in [5.74, 6) is 0.878. The minimum absolute atomic E-state index is 0.0342. The van der Waals surface area contributed by atoms with E-state index in [1.807, 2.05) is 61.5 Å². The number of aromatic amines is 1. The Balaban J connectivity index is 1.60. The summed E-state index contributed by atoms with van der Waals surface area (Å²) < 4.78 is 12.4. The molecule has 9 heteroatoms. The molecule has 0 aliphatic heterocycles. The van der Waals surface area contributed by atoms with Crippen LogP contribution in [0.5, 0.6) is 11.5 Å². The average Bonchev–Trinajstić information content (AvgIpc) is 3.27. The predicted molar refractivity (Wildman–Crippen MR) is 143 cm³/mol. The van der Waals surface area contributed by atoms with Crippen LogP contribution in [-0.2, 0) is 4.79 Å². The van der Waals surface area contributed by atoms with Crippen molar-refractivity contribution in [3.8, 4) is 17.2 Å². The van der Waals surface area contributed by atoms with Gasteiger partial charge >= 0.3 is 0 Å². The van der Waals surface area contributed by atoms with Crippen LogP contribution >= 0.6 is 11.8 Å². The van der Waals surface area contributed by atoms with Crippen LogP contribution in [0.3, 0.4) is 0 Å². The number of ether oxygens (including phenoxy) is 2. The number of rotatable bonds is 7. The van der Waals surface area contributed by atoms with Gasteiger partial charge in [-0.1, -0.05) is 48.2 Å². The second-order valence-corrected chi connectivity index (χ2v) is 9.08. The van der Waals surface area contributed by atoms with Crippen LogP contribution in [0, 0.1) is 6.92 Å². The van der Waals surface area contributed by atoms with Gasteiger partial charge in [0, 0.05) is 10.9 Å². The first-order valence-corrected chi connectivity index (χ1v) is 12.2. The van der Waals surface area contributed by atoms with Gasteiger partial charge in [0.1, 0.15) is 22.5 Å². The van der Waals surface area contributed by atoms with Crippen LogP contribution in [0.1, 0.15) is 5.56 Å². The summed E-state index contributed by atoms with van der Waals surface area (Å²) in [7, 11) is 3.11. The van der Waals surface area contributed by atoms with E-state index in [-0.39, 0.29) is 17.2 Å². The number of carbonyl (C=O) groups excluding carboxylic acids is 1. The van der Waals surface area contributed by atoms with Crippen molar-refractivity contribution in [1.29, 1.82) is 0 Å². The molecule has 0 bridgehead atoms. The van der Waals surface area contributed by atoms with Gasteiger partial charge in [-0.05, 0) is 42.8 Å². The normalized spacial score (nSPS) is 11.1. The molecule has 0 spiro atoms. The summed E-state index contributed by atoms with van der Waals surface area (Å²) in [6, 6.07) is 20.4. The topological polar surface area (TPSA) is 98.2 Å². The van der Waals surface area contributed by atoms with Gasteiger partial charge in [0.05, 0.1) is 31.3 Å². The van der Waals surface area contributed by atoms with Crippen LogP contribution < -0.4 is 20.3 Å². The lowest BCUT2D eigenvalue weighted by molar-refractivity contribution is -0.113. The summed E-state index contributed by atoms with van der Waals surface area (Å²) >= 11 is 1.18. The second-order valence-electron chi connectivity index (χ2n) is 8.14. The number of thioether (sulfide) groups is 1. The molecule has 5 rings (SSSR count). The van der Waals surface area contributed by atoms with Crippen LogP contribution in [0.15, 0.2) is 76.7 Å². The van der Waals surface area contributed by atoms with E-state index in [0.29, 0.717) is 39.1 Å². The van der Waals surface area contributed by atoms with Gasteiger partial charge in [0.2, 0.25) is 5.91 Å². The molecule has 0 saturated heterocycles. The van der Waals surface area contributed by atoms with E-state index in [1.54, 1.807) is 26.4 Å². The Kier molecular flexibility index (Phi) is 6.39. The fourth-order valence-corrected chi connectivity index (χ4v) is 4.89. The van der Waals surface area contributed by atoms with Crippen molar-refractivity contribution in [3.05, 3.63) is 82.6 Å². The lowest BCUT2D eigenvalue weighted by Gasteiger charge is -2.16. The number of anilines is 1. The maximum Gasteiger partial charge on any atom is 0.283 e. The van der Waals surface area contributed by atoms with Crippen molar-refractivity contribution in [2.24, 2.45) is 0 Å². The van der Waals surface area contributed by atoms with Gasteiger partial charge in [-0.2, -0.15) is 0 Å². The zero-order chi connectivity index (χ0) is 25.2. The first kappa shape index (κ1) is 23.5. The van der Waals surface area contributed by atoms with Crippen molar-refractivity contribution in [2.75, 3.05) is 25.3 Å². The molecule has 0 radical (unpaired) electrons. The highest BCUT2D eigenvalue weighted by atomic mass is 32.2. The summed E-state index contributed by atoms with van der Waals surface area (Å²) in [5, 5.41) is 4.09. The molecule has 8 nitrogen and oxygen atoms in total. The van der Waals surface area contributed by atoms with Gasteiger partial charge in [0.15, 0.2) is 5.16 Å². The molecule has 0 fully saturated rings. The molecule has 36 heavy (non-hydrogen) atoms. The number of methoxy groups -OCH3 is 2. The van der Waals surface area contributed by atoms with E-state index in [4.69, 9.17) is 14.5 Å². The molecule has 0 aliphatic rings. The van der Waals surface area contributed by atoms with Crippen LogP contribution in [0.4, 0.5) is 5.69 Å². The smallest absolute Gasteiger partial charge is 0.283 e. The monoisotopic (exact) mass is 500 g/mol. The van der Waals surface area contributed by atoms with Crippen molar-refractivity contribution in [1.82, 2.24) is 14.5 Å². The predicted octanol–water partition coefficient (Wildman–Crippen LogP) is 4.92. The Bertz CT molecular complexity index is 1660. The highest BCUT2D eigenvalue weighted by molar-refractivity contribution is 7.99. The number of amides is 1. The summed E-state index contributed by atoms with van der Waals surface area (Å²) in [6.45, 7) is 1.94. The SMILES string of the molecule is COc1ccccc1NC(=O)CSc1nc2c([nH]c3ccccc32)c(=O)n1-c1cc(C)ccc1OC. The van der Waals surface area contributed by atoms with Crippen molar-refractivity contribution in [2.45, 2.75) is 12.1 Å². The molecular formula is C27H24N4O4S. The van der Waals surface area contributed by atoms with Crippen molar-refractivity contribution >= 4 is 45.3 Å². The minimum Gasteiger partial charge on any atom is -0.495 e. The number of nitrogens with zero attached hydrogens (tertiary/aromatic N) is 2. The van der Waals surface area contributed by atoms with E-state index in [2.05, 4.69) is 10.3 Å². The van der Waals surface area contributed by atoms with Gasteiger partial charge in [-0.15, -0.1) is 0 Å². The third-order valence-electron chi connectivity index (χ3n) is 5.78. The summed E-state index contributed by atoms with van der Waals surface area (Å²) in [6.07, 6.45) is 0. The number of H-pyrrole nitrogens is 1. The molecule has 182 valence electrons. The average molecular weight is 501 g/mol. The van der Waals surface area contributed by atoms with Crippen molar-refractivity contribution < 1.29 is 14.3 Å². The maximum atomic E-state index is 13.8. The molecule has 2 N–H and O–H groups in total. The zero-order valence-electron chi connectivity index (χ0n) is 20.0. The molecule has 2 heterocycles. The number of carbonyl (C=O) groups is 1. The molecule has 0 saturated carbocycles. The molecular weight excluding hydrogens is 476 g/mol. The molecule has 0 atom stereocenters. The second kappa shape index (κ2) is 9.79. The largest absolute Gasteiger partial charge is 0.495 e. The quantitative estimate of drug-likeness (QED) is 0.243. The molecule has 5 aromatic rings. The Morgan fingerprint density at radius 2 is 1.78 bits per heavy atom. The zero-order valence-corrected chi connectivity index (χ0v) is 20.8. The number of aryl methyl sites for hydroxylation is 1. The third kappa shape index (κ3) is 4.29. The first-order valence-electron chi connectivity index (χ1n) is 11.2. The molecule has 3 aromatic carbocycles. The van der Waals surface area contributed by atoms with Crippen molar-refractivity contribution in [3.63, 3.8) is 0 Å². The Morgan fingerprint density at radius 1 is 1.03 bits per heavy atom. The number of fused-ring (bicyclic) bond motifs is 3. The summed E-state index contributed by atoms with van der Waals surface area (Å²) in [4.78, 5) is 34.7. The van der Waals surface area contributed by atoms with E-state index in [0.717, 1.165) is 16.5 Å². The molecule has 0 aliphatic carbocycles. The number of para-hydroxylation sites is 3. The Labute approximate surface area is 211 Å². The van der Waals surface area contributed by atoms with Gasteiger partial charge in [-0.25, -0.2) is 9.55 Å². The van der Waals surface area contributed by atoms with E-state index < -0.39 is 0 Å². The number of aromatic nitrogens is 3. The first-order chi connectivity index (χ1) is 17.5. The third-order valence-corrected chi connectivity index (χ3v) is 6.72.